The van der Waals surface area contributed by atoms with E-state index in [9.17, 15) is 57.8 Å². The van der Waals surface area contributed by atoms with Crippen LogP contribution < -0.4 is 99.0 Å². The van der Waals surface area contributed by atoms with E-state index in [1.807, 2.05) is 30.3 Å². The Balaban J connectivity index is 1.52. The molecule has 0 spiro atoms. The number of carbonyl (C=O) groups excluding carboxylic acids is 11. The zero-order chi connectivity index (χ0) is 74.4. The third-order valence-electron chi connectivity index (χ3n) is 16.1. The molecule has 1 fully saturated rings. The van der Waals surface area contributed by atoms with Crippen LogP contribution >= 0.6 is 0 Å². The van der Waals surface area contributed by atoms with Crippen molar-refractivity contribution in [2.24, 2.45) is 66.8 Å². The summed E-state index contributed by atoms with van der Waals surface area (Å²) in [7, 11) is 0. The quantitative estimate of drug-likeness (QED) is 0.0145. The molecule has 0 bridgehead atoms. The van der Waals surface area contributed by atoms with E-state index in [1.165, 1.54) is 24.0 Å². The molecule has 0 aromatic heterocycles. The molecular weight excluding hydrogens is 1300 g/mol. The van der Waals surface area contributed by atoms with Gasteiger partial charge in [0.25, 0.3) is 0 Å². The zero-order valence-corrected chi connectivity index (χ0v) is 57.8. The molecule has 27 N–H and O–H groups in total. The fourth-order valence-electron chi connectivity index (χ4n) is 10.8. The van der Waals surface area contributed by atoms with Gasteiger partial charge in [0, 0.05) is 39.1 Å². The zero-order valence-electron chi connectivity index (χ0n) is 57.8. The van der Waals surface area contributed by atoms with Gasteiger partial charge >= 0.3 is 0 Å². The fourth-order valence-corrected chi connectivity index (χ4v) is 10.8. The molecule has 4 rings (SSSR count). The molecule has 0 saturated carbocycles. The highest BCUT2D eigenvalue weighted by Gasteiger charge is 2.40. The van der Waals surface area contributed by atoms with E-state index in [0.717, 1.165) is 11.1 Å². The van der Waals surface area contributed by atoms with Gasteiger partial charge in [-0.1, -0.05) is 86.6 Å². The van der Waals surface area contributed by atoms with Gasteiger partial charge in [0.05, 0.1) is 19.1 Å². The van der Waals surface area contributed by atoms with E-state index in [0.29, 0.717) is 37.9 Å². The summed E-state index contributed by atoms with van der Waals surface area (Å²) in [6.07, 6.45) is 2.30. The molecular formula is C67H104N22O12. The summed E-state index contributed by atoms with van der Waals surface area (Å²) in [6.45, 7) is 4.70. The van der Waals surface area contributed by atoms with Gasteiger partial charge in [0.1, 0.15) is 54.1 Å². The number of nitrogens with zero attached hydrogens (tertiary/aromatic N) is 4. The Morgan fingerprint density at radius 2 is 0.960 bits per heavy atom. The second-order valence-electron chi connectivity index (χ2n) is 25.0. The summed E-state index contributed by atoms with van der Waals surface area (Å²) in [4.78, 5) is 166. The number of aromatic hydroxyl groups is 1. The van der Waals surface area contributed by atoms with Crippen LogP contribution in [0.2, 0.25) is 0 Å². The Bertz CT molecular complexity index is 3280. The molecule has 1 aliphatic rings. The normalized spacial score (nSPS) is 14.8. The van der Waals surface area contributed by atoms with Crippen LogP contribution in [0.4, 0.5) is 0 Å². The number of guanidine groups is 3. The number of hydrogen-bond donors (Lipinski definition) is 19. The Morgan fingerprint density at radius 3 is 1.50 bits per heavy atom. The van der Waals surface area contributed by atoms with E-state index >= 15 is 0 Å². The lowest BCUT2D eigenvalue weighted by Crippen LogP contribution is -2.60. The second kappa shape index (κ2) is 44.4. The summed E-state index contributed by atoms with van der Waals surface area (Å²) in [5, 5.41) is 36.9. The van der Waals surface area contributed by atoms with Gasteiger partial charge in [-0.15, -0.1) is 0 Å². The number of carbonyl (C=O) groups is 11. The SMILES string of the molecule is CC(C)C[C@H](NC(=O)[C@H](Cc1ccccc1)NC(=O)CNC(=O)CNC(=O)[C@H](Cc1ccc(O)cc1)NCc1ccccc1)C(=O)N[C@@H](CCCN=C(N)N)C(=O)N[C@@H](CCCN=C(N)N)C(=O)N[C@H](C)C(=O)N[C@@H](CCCN=C(N)N)C(=O)N1CCC[C@H]1C(=O)N[C@@H](CCCCN)C(N)=O. The van der Waals surface area contributed by atoms with Crippen molar-refractivity contribution in [1.82, 2.24) is 58.1 Å². The third-order valence-corrected chi connectivity index (χ3v) is 16.1. The van der Waals surface area contributed by atoms with E-state index < -0.39 is 132 Å². The smallest absolute Gasteiger partial charge is 0.245 e. The molecule has 0 aliphatic carbocycles. The van der Waals surface area contributed by atoms with Crippen molar-refractivity contribution in [2.45, 2.75) is 172 Å². The lowest BCUT2D eigenvalue weighted by atomic mass is 10.00. The maximum absolute atomic E-state index is 14.6. The maximum Gasteiger partial charge on any atom is 0.245 e. The maximum atomic E-state index is 14.6. The summed E-state index contributed by atoms with van der Waals surface area (Å²) >= 11 is 0. The number of primary amides is 1. The Hall–Kier alpha value is -10.6. The minimum Gasteiger partial charge on any atom is -0.508 e. The number of hydrogen-bond acceptors (Lipinski definition) is 17. The molecule has 9 atom stereocenters. The van der Waals surface area contributed by atoms with Gasteiger partial charge in [-0.2, -0.15) is 0 Å². The van der Waals surface area contributed by atoms with Gasteiger partial charge in [0.2, 0.25) is 65.0 Å². The molecule has 1 saturated heterocycles. The number of phenols is 1. The van der Waals surface area contributed by atoms with Crippen LogP contribution in [0.3, 0.4) is 0 Å². The Labute approximate surface area is 588 Å². The van der Waals surface area contributed by atoms with Crippen molar-refractivity contribution in [3.63, 3.8) is 0 Å². The number of benzene rings is 3. The first-order valence-corrected chi connectivity index (χ1v) is 33.9. The lowest BCUT2D eigenvalue weighted by Gasteiger charge is -2.30. The number of phenolic OH excluding ortho intramolecular Hbond substituents is 1. The van der Waals surface area contributed by atoms with Crippen LogP contribution in [-0.4, -0.2) is 193 Å². The van der Waals surface area contributed by atoms with E-state index in [-0.39, 0.29) is 126 Å². The van der Waals surface area contributed by atoms with Crippen molar-refractivity contribution in [1.29, 1.82) is 0 Å². The number of nitrogens with one attached hydrogen (secondary N) is 10. The highest BCUT2D eigenvalue weighted by atomic mass is 16.3. The summed E-state index contributed by atoms with van der Waals surface area (Å²) in [5.41, 5.74) is 47.0. The Kier molecular flexibility index (Phi) is 36.4. The topological polar surface area (TPSA) is 577 Å². The van der Waals surface area contributed by atoms with Crippen LogP contribution in [0.5, 0.6) is 5.75 Å². The van der Waals surface area contributed by atoms with Gasteiger partial charge in [0.15, 0.2) is 17.9 Å². The van der Waals surface area contributed by atoms with Crippen LogP contribution in [-0.2, 0) is 72.1 Å². The number of rotatable bonds is 45. The van der Waals surface area contributed by atoms with Gasteiger partial charge < -0.3 is 109 Å². The predicted octanol–water partition coefficient (Wildman–Crippen LogP) is -4.21. The first-order valence-electron chi connectivity index (χ1n) is 33.9. The number of unbranched alkanes of at least 4 members (excludes halogenated alkanes) is 1. The molecule has 554 valence electrons. The van der Waals surface area contributed by atoms with Crippen LogP contribution in [0.15, 0.2) is 99.9 Å². The van der Waals surface area contributed by atoms with Gasteiger partial charge in [-0.3, -0.25) is 67.7 Å². The van der Waals surface area contributed by atoms with E-state index in [1.54, 1.807) is 56.3 Å². The first kappa shape index (κ1) is 82.8. The highest BCUT2D eigenvalue weighted by Crippen LogP contribution is 2.21. The predicted molar refractivity (Wildman–Crippen MR) is 380 cm³/mol. The molecule has 0 unspecified atom stereocenters. The van der Waals surface area contributed by atoms with Crippen molar-refractivity contribution < 1.29 is 57.8 Å². The fraction of sp³-hybridized carbons (Fsp3) is 0.522. The third kappa shape index (κ3) is 31.8. The minimum atomic E-state index is -1.43. The molecule has 1 aliphatic heterocycles. The summed E-state index contributed by atoms with van der Waals surface area (Å²) in [6, 6.07) is 13.4. The van der Waals surface area contributed by atoms with Crippen molar-refractivity contribution >= 4 is 82.9 Å². The highest BCUT2D eigenvalue weighted by molar-refractivity contribution is 5.99. The molecule has 11 amide bonds. The first-order chi connectivity index (χ1) is 48.1. The molecule has 1 heterocycles. The van der Waals surface area contributed by atoms with Crippen LogP contribution in [0.1, 0.15) is 115 Å². The average Bonchev–Trinajstić information content (AvgIpc) is 1.75. The number of nitrogens with two attached hydrogens (primary N) is 8. The lowest BCUT2D eigenvalue weighted by molar-refractivity contribution is -0.142. The molecule has 101 heavy (non-hydrogen) atoms. The number of aliphatic imine (C=N–C) groups is 3. The van der Waals surface area contributed by atoms with Gasteiger partial charge in [-0.05, 0) is 132 Å². The molecule has 34 nitrogen and oxygen atoms in total. The van der Waals surface area contributed by atoms with Crippen molar-refractivity contribution in [3.8, 4) is 5.75 Å². The van der Waals surface area contributed by atoms with Crippen molar-refractivity contribution in [3.05, 3.63) is 102 Å². The number of likely N-dealkylation sites (tertiary alicyclic amines) is 1. The van der Waals surface area contributed by atoms with Crippen molar-refractivity contribution in [2.75, 3.05) is 45.8 Å². The minimum absolute atomic E-state index is 0.00313. The molecule has 0 radical (unpaired) electrons. The monoisotopic (exact) mass is 1410 g/mol. The van der Waals surface area contributed by atoms with Crippen LogP contribution in [0, 0.1) is 5.92 Å². The number of amides is 11. The summed E-state index contributed by atoms with van der Waals surface area (Å²) in [5.74, 6) is -9.14. The van der Waals surface area contributed by atoms with Gasteiger partial charge in [-0.25, -0.2) is 0 Å². The average molecular weight is 1410 g/mol. The molecule has 3 aromatic rings. The van der Waals surface area contributed by atoms with E-state index in [2.05, 4.69) is 68.1 Å². The Morgan fingerprint density at radius 1 is 0.485 bits per heavy atom. The van der Waals surface area contributed by atoms with E-state index in [4.69, 9.17) is 45.9 Å². The summed E-state index contributed by atoms with van der Waals surface area (Å²) < 4.78 is 0. The largest absolute Gasteiger partial charge is 0.508 e. The molecule has 34 heteroatoms. The standard InChI is InChI=1S/C67H104N22O12/c1-40(2)34-51(88-62(99)52(36-42-16-6-4-7-17-42)83-55(92)39-80-54(91)38-81-58(95)50(35-43-25-27-45(90)28-26-43)79-37-44-18-8-5-9-19-44)61(98)86-48(22-13-31-77-66(72)73)60(97)85-47(21-12-30-76-65(70)71)59(96)82-41(3)57(94)87-49(23-14-32-78-67(74)75)64(101)89-33-15-24-53(89)63(100)84-46(56(69)93)20-10-11-29-68/h4-9,16-19,25-28,40-41,46-53,79,90H,10-15,20-24,29-39,68H2,1-3H3,(H2,69,93)(H,80,91)(H,81,95)(H,82,96)(H,83,92)(H,84,100)(H,85,97)(H,86,98)(H,87,94)(H,88,99)(H4,70,71,76)(H4,72,73,77)(H4,74,75,78)/t41-,46+,47+,48+,49+,50+,51+,52+,53+/m1/s1. The molecule has 3 aromatic carbocycles. The second-order valence-corrected chi connectivity index (χ2v) is 25.0. The van der Waals surface area contributed by atoms with Crippen LogP contribution in [0.25, 0.3) is 0 Å².